The Labute approximate surface area is 192 Å². The van der Waals surface area contributed by atoms with Gasteiger partial charge in [-0.25, -0.2) is 0 Å². The van der Waals surface area contributed by atoms with Crippen LogP contribution in [-0.4, -0.2) is 32.1 Å². The second-order valence-electron chi connectivity index (χ2n) is 7.47. The van der Waals surface area contributed by atoms with Gasteiger partial charge in [0.1, 0.15) is 0 Å². The highest BCUT2D eigenvalue weighted by molar-refractivity contribution is 6.32. The quantitative estimate of drug-likeness (QED) is 0.462. The van der Waals surface area contributed by atoms with Crippen molar-refractivity contribution < 1.29 is 4.79 Å². The van der Waals surface area contributed by atoms with E-state index in [0.717, 1.165) is 48.8 Å². The van der Waals surface area contributed by atoms with Crippen molar-refractivity contribution >= 4 is 51.9 Å². The SMILES string of the molecule is Cc1c(Cl)cccc1Nc1cc(Cl)ccc1C(=O)Nc1ccc(N2CCNCC2)cc1. The number of amides is 1. The lowest BCUT2D eigenvalue weighted by Gasteiger charge is -2.29. The van der Waals surface area contributed by atoms with Crippen LogP contribution in [0.25, 0.3) is 0 Å². The number of hydrogen-bond donors (Lipinski definition) is 3. The molecule has 1 fully saturated rings. The van der Waals surface area contributed by atoms with Crippen LogP contribution in [0.5, 0.6) is 0 Å². The number of halogens is 2. The van der Waals surface area contributed by atoms with Gasteiger partial charge in [-0.3, -0.25) is 4.79 Å². The zero-order chi connectivity index (χ0) is 21.8. The van der Waals surface area contributed by atoms with Crippen molar-refractivity contribution in [1.82, 2.24) is 5.32 Å². The van der Waals surface area contributed by atoms with Gasteiger partial charge >= 0.3 is 0 Å². The van der Waals surface area contributed by atoms with Crippen molar-refractivity contribution in [3.8, 4) is 0 Å². The molecule has 1 saturated heterocycles. The summed E-state index contributed by atoms with van der Waals surface area (Å²) in [6, 6.07) is 18.7. The minimum atomic E-state index is -0.214. The number of rotatable bonds is 5. The highest BCUT2D eigenvalue weighted by Crippen LogP contribution is 2.30. The zero-order valence-electron chi connectivity index (χ0n) is 17.2. The average molecular weight is 455 g/mol. The summed E-state index contributed by atoms with van der Waals surface area (Å²) < 4.78 is 0. The van der Waals surface area contributed by atoms with Crippen LogP contribution in [0, 0.1) is 6.92 Å². The topological polar surface area (TPSA) is 56.4 Å². The van der Waals surface area contributed by atoms with Crippen molar-refractivity contribution in [3.05, 3.63) is 81.8 Å². The highest BCUT2D eigenvalue weighted by atomic mass is 35.5. The molecule has 31 heavy (non-hydrogen) atoms. The van der Waals surface area contributed by atoms with Crippen LogP contribution >= 0.6 is 23.2 Å². The molecule has 0 unspecified atom stereocenters. The monoisotopic (exact) mass is 454 g/mol. The summed E-state index contributed by atoms with van der Waals surface area (Å²) in [7, 11) is 0. The van der Waals surface area contributed by atoms with Gasteiger partial charge in [0.15, 0.2) is 0 Å². The van der Waals surface area contributed by atoms with E-state index in [4.69, 9.17) is 23.2 Å². The molecule has 4 rings (SSSR count). The lowest BCUT2D eigenvalue weighted by Crippen LogP contribution is -2.43. The molecule has 0 aliphatic carbocycles. The number of benzene rings is 3. The molecule has 1 aliphatic rings. The fourth-order valence-electron chi connectivity index (χ4n) is 3.58. The Morgan fingerprint density at radius 3 is 2.45 bits per heavy atom. The maximum Gasteiger partial charge on any atom is 0.257 e. The van der Waals surface area contributed by atoms with Crippen LogP contribution < -0.4 is 20.9 Å². The van der Waals surface area contributed by atoms with Gasteiger partial charge in [-0.2, -0.15) is 0 Å². The summed E-state index contributed by atoms with van der Waals surface area (Å²) in [6.07, 6.45) is 0. The van der Waals surface area contributed by atoms with Crippen molar-refractivity contribution in [3.63, 3.8) is 0 Å². The van der Waals surface area contributed by atoms with Gasteiger partial charge in [0.05, 0.1) is 11.3 Å². The Kier molecular flexibility index (Phi) is 6.66. The fraction of sp³-hybridized carbons (Fsp3) is 0.208. The van der Waals surface area contributed by atoms with Crippen LogP contribution in [-0.2, 0) is 0 Å². The van der Waals surface area contributed by atoms with E-state index < -0.39 is 0 Å². The van der Waals surface area contributed by atoms with E-state index in [-0.39, 0.29) is 5.91 Å². The number of carbonyl (C=O) groups excluding carboxylic acids is 1. The van der Waals surface area contributed by atoms with Gasteiger partial charge in [0.2, 0.25) is 0 Å². The molecule has 5 nitrogen and oxygen atoms in total. The molecule has 3 N–H and O–H groups in total. The Bertz CT molecular complexity index is 1080. The number of piperazine rings is 1. The summed E-state index contributed by atoms with van der Waals surface area (Å²) in [6.45, 7) is 5.85. The summed E-state index contributed by atoms with van der Waals surface area (Å²) >= 11 is 12.4. The van der Waals surface area contributed by atoms with Crippen molar-refractivity contribution in [2.24, 2.45) is 0 Å². The lowest BCUT2D eigenvalue weighted by molar-refractivity contribution is 0.102. The minimum Gasteiger partial charge on any atom is -0.369 e. The van der Waals surface area contributed by atoms with E-state index >= 15 is 0 Å². The van der Waals surface area contributed by atoms with E-state index in [0.29, 0.717) is 21.3 Å². The van der Waals surface area contributed by atoms with Crippen molar-refractivity contribution in [2.45, 2.75) is 6.92 Å². The molecular weight excluding hydrogens is 431 g/mol. The molecular formula is C24H24Cl2N4O. The maximum atomic E-state index is 13.0. The van der Waals surface area contributed by atoms with E-state index in [2.05, 4.69) is 20.9 Å². The molecule has 1 heterocycles. The first kappa shape index (κ1) is 21.5. The molecule has 0 spiro atoms. The summed E-state index contributed by atoms with van der Waals surface area (Å²) in [5, 5.41) is 10.8. The van der Waals surface area contributed by atoms with E-state index in [1.54, 1.807) is 18.2 Å². The normalized spacial score (nSPS) is 13.7. The molecule has 7 heteroatoms. The predicted octanol–water partition coefficient (Wildman–Crippen LogP) is 5.71. The van der Waals surface area contributed by atoms with Gasteiger partial charge < -0.3 is 20.9 Å². The van der Waals surface area contributed by atoms with Crippen LogP contribution in [0.3, 0.4) is 0 Å². The first-order valence-corrected chi connectivity index (χ1v) is 11.0. The number of anilines is 4. The van der Waals surface area contributed by atoms with Gasteiger partial charge in [0.25, 0.3) is 5.91 Å². The molecule has 0 atom stereocenters. The Balaban J connectivity index is 1.52. The van der Waals surface area contributed by atoms with Gasteiger partial charge in [0, 0.05) is 53.3 Å². The predicted molar refractivity (Wildman–Crippen MR) is 130 cm³/mol. The lowest BCUT2D eigenvalue weighted by atomic mass is 10.1. The minimum absolute atomic E-state index is 0.214. The molecule has 3 aromatic rings. The van der Waals surface area contributed by atoms with Crippen LogP contribution in [0.4, 0.5) is 22.7 Å². The van der Waals surface area contributed by atoms with Crippen molar-refractivity contribution in [2.75, 3.05) is 41.7 Å². The molecule has 0 radical (unpaired) electrons. The van der Waals surface area contributed by atoms with E-state index in [1.807, 2.05) is 49.4 Å². The first-order chi connectivity index (χ1) is 15.0. The molecule has 1 aliphatic heterocycles. The van der Waals surface area contributed by atoms with E-state index in [9.17, 15) is 4.79 Å². The molecule has 0 saturated carbocycles. The number of carbonyl (C=O) groups is 1. The summed E-state index contributed by atoms with van der Waals surface area (Å²) in [5.74, 6) is -0.214. The third-order valence-electron chi connectivity index (χ3n) is 5.37. The molecule has 0 bridgehead atoms. The van der Waals surface area contributed by atoms with Gasteiger partial charge in [-0.15, -0.1) is 0 Å². The second-order valence-corrected chi connectivity index (χ2v) is 8.31. The number of hydrogen-bond acceptors (Lipinski definition) is 4. The van der Waals surface area contributed by atoms with Crippen LogP contribution in [0.2, 0.25) is 10.0 Å². The number of nitrogens with zero attached hydrogens (tertiary/aromatic N) is 1. The summed E-state index contributed by atoms with van der Waals surface area (Å²) in [4.78, 5) is 15.4. The smallest absolute Gasteiger partial charge is 0.257 e. The summed E-state index contributed by atoms with van der Waals surface area (Å²) in [5.41, 5.74) is 4.74. The maximum absolute atomic E-state index is 13.0. The Morgan fingerprint density at radius 1 is 0.968 bits per heavy atom. The Morgan fingerprint density at radius 2 is 1.71 bits per heavy atom. The third-order valence-corrected chi connectivity index (χ3v) is 6.02. The standard InChI is InChI=1S/C24H24Cl2N4O/c1-16-21(26)3-2-4-22(16)29-23-15-17(25)5-10-20(23)24(31)28-18-6-8-19(9-7-18)30-13-11-27-12-14-30/h2-10,15,27,29H,11-14H2,1H3,(H,28,31). The van der Waals surface area contributed by atoms with Crippen molar-refractivity contribution in [1.29, 1.82) is 0 Å². The largest absolute Gasteiger partial charge is 0.369 e. The second kappa shape index (κ2) is 9.60. The molecule has 3 aromatic carbocycles. The molecule has 160 valence electrons. The zero-order valence-corrected chi connectivity index (χ0v) is 18.7. The Hall–Kier alpha value is -2.73. The fourth-order valence-corrected chi connectivity index (χ4v) is 3.93. The van der Waals surface area contributed by atoms with E-state index in [1.165, 1.54) is 0 Å². The van der Waals surface area contributed by atoms with Gasteiger partial charge in [-0.1, -0.05) is 29.3 Å². The number of nitrogens with one attached hydrogen (secondary N) is 3. The average Bonchev–Trinajstić information content (AvgIpc) is 2.78. The third kappa shape index (κ3) is 5.13. The van der Waals surface area contributed by atoms with Crippen LogP contribution in [0.15, 0.2) is 60.7 Å². The highest BCUT2D eigenvalue weighted by Gasteiger charge is 2.15. The first-order valence-electron chi connectivity index (χ1n) is 10.2. The van der Waals surface area contributed by atoms with Crippen LogP contribution in [0.1, 0.15) is 15.9 Å². The molecule has 0 aromatic heterocycles. The molecule has 1 amide bonds. The van der Waals surface area contributed by atoms with Gasteiger partial charge in [-0.05, 0) is 67.1 Å².